The fraction of sp³-hybridized carbons (Fsp3) is 0.455. The molecule has 2 aromatic carbocycles. The van der Waals surface area contributed by atoms with Crippen LogP contribution in [0, 0.1) is 0 Å². The first-order valence-electron chi connectivity index (χ1n) is 10.1. The number of aliphatic hydroxyl groups is 3. The van der Waals surface area contributed by atoms with Crippen molar-refractivity contribution in [3.63, 3.8) is 0 Å². The van der Waals surface area contributed by atoms with Crippen LogP contribution in [-0.2, 0) is 17.6 Å². The molecule has 0 bridgehead atoms. The topological polar surface area (TPSA) is 143 Å². The molecule has 0 saturated carbocycles. The highest BCUT2D eigenvalue weighted by Crippen LogP contribution is 2.39. The monoisotopic (exact) mass is 433 g/mol. The van der Waals surface area contributed by atoms with Crippen LogP contribution in [0.3, 0.4) is 0 Å². The van der Waals surface area contributed by atoms with Gasteiger partial charge in [-0.1, -0.05) is 6.07 Å². The highest BCUT2D eigenvalue weighted by molar-refractivity contribution is 5.49. The lowest BCUT2D eigenvalue weighted by molar-refractivity contribution is -0.242. The van der Waals surface area contributed by atoms with Crippen LogP contribution in [0.15, 0.2) is 30.3 Å². The molecule has 0 spiro atoms. The third-order valence-electron chi connectivity index (χ3n) is 6.01. The molecule has 168 valence electrons. The fourth-order valence-electron chi connectivity index (χ4n) is 4.14. The number of ether oxygens (including phenoxy) is 2. The quantitative estimate of drug-likeness (QED) is 0.378. The van der Waals surface area contributed by atoms with Crippen LogP contribution >= 0.6 is 0 Å². The van der Waals surface area contributed by atoms with Gasteiger partial charge in [0.25, 0.3) is 0 Å². The van der Waals surface area contributed by atoms with E-state index in [-0.39, 0.29) is 35.6 Å². The molecule has 0 aromatic heterocycles. The molecule has 31 heavy (non-hydrogen) atoms. The first-order valence-corrected chi connectivity index (χ1v) is 10.1. The van der Waals surface area contributed by atoms with E-state index in [1.807, 2.05) is 7.05 Å². The molecule has 1 fully saturated rings. The van der Waals surface area contributed by atoms with E-state index in [2.05, 4.69) is 4.90 Å². The van der Waals surface area contributed by atoms with Gasteiger partial charge >= 0.3 is 0 Å². The van der Waals surface area contributed by atoms with Gasteiger partial charge in [-0.05, 0) is 60.8 Å². The molecule has 0 aliphatic carbocycles. The van der Waals surface area contributed by atoms with Crippen molar-refractivity contribution in [3.8, 4) is 23.0 Å². The van der Waals surface area contributed by atoms with E-state index in [1.54, 1.807) is 30.3 Å². The number of hydrogen-bond donors (Lipinski definition) is 6. The zero-order chi connectivity index (χ0) is 22.3. The Morgan fingerprint density at radius 3 is 2.48 bits per heavy atom. The van der Waals surface area contributed by atoms with Gasteiger partial charge in [-0.25, -0.2) is 0 Å². The summed E-state index contributed by atoms with van der Waals surface area (Å²) in [6.07, 6.45) is -3.98. The van der Waals surface area contributed by atoms with Gasteiger partial charge in [0.2, 0.25) is 6.29 Å². The van der Waals surface area contributed by atoms with E-state index in [0.29, 0.717) is 6.42 Å². The minimum absolute atomic E-state index is 0.0541. The third-order valence-corrected chi connectivity index (χ3v) is 6.01. The van der Waals surface area contributed by atoms with E-state index in [1.165, 1.54) is 0 Å². The van der Waals surface area contributed by atoms with Crippen molar-refractivity contribution in [2.75, 3.05) is 20.2 Å². The number of phenolic OH excluding ortho intramolecular Hbond substituents is 3. The predicted molar refractivity (Wildman–Crippen MR) is 109 cm³/mol. The Kier molecular flexibility index (Phi) is 5.96. The molecule has 1 unspecified atom stereocenters. The van der Waals surface area contributed by atoms with Gasteiger partial charge in [-0.3, -0.25) is 4.90 Å². The number of fused-ring (bicyclic) bond motifs is 1. The first kappa shape index (κ1) is 21.7. The van der Waals surface area contributed by atoms with Gasteiger partial charge in [0.05, 0.1) is 6.61 Å². The number of benzene rings is 2. The lowest BCUT2D eigenvalue weighted by Crippen LogP contribution is -2.54. The van der Waals surface area contributed by atoms with Crippen LogP contribution in [0.4, 0.5) is 0 Å². The highest BCUT2D eigenvalue weighted by atomic mass is 16.7. The lowest BCUT2D eigenvalue weighted by Gasteiger charge is -2.35. The van der Waals surface area contributed by atoms with Crippen molar-refractivity contribution in [2.45, 2.75) is 43.5 Å². The summed E-state index contributed by atoms with van der Waals surface area (Å²) in [5, 5.41) is 59.5. The van der Waals surface area contributed by atoms with Gasteiger partial charge < -0.3 is 40.1 Å². The summed E-state index contributed by atoms with van der Waals surface area (Å²) in [5.41, 5.74) is 2.73. The van der Waals surface area contributed by atoms with Crippen molar-refractivity contribution in [2.24, 2.45) is 0 Å². The first-order chi connectivity index (χ1) is 14.7. The maximum absolute atomic E-state index is 10.4. The summed E-state index contributed by atoms with van der Waals surface area (Å²) in [5.74, 6) is -0.368. The Morgan fingerprint density at radius 2 is 1.74 bits per heavy atom. The molecule has 1 saturated heterocycles. The van der Waals surface area contributed by atoms with Gasteiger partial charge in [0.1, 0.15) is 18.3 Å². The Morgan fingerprint density at radius 1 is 1.00 bits per heavy atom. The zero-order valence-corrected chi connectivity index (χ0v) is 17.0. The summed E-state index contributed by atoms with van der Waals surface area (Å²) in [6, 6.07) is 8.01. The van der Waals surface area contributed by atoms with Gasteiger partial charge in [0, 0.05) is 12.6 Å². The second kappa shape index (κ2) is 8.52. The minimum atomic E-state index is -1.46. The second-order valence-electron chi connectivity index (χ2n) is 8.16. The van der Waals surface area contributed by atoms with Crippen molar-refractivity contribution in [1.29, 1.82) is 0 Å². The SMILES string of the molecule is CN1CCc2cc(O)c(O)cc2C1Cc1ccc(O[C@@H]2OC[C@@H](O)[C@H](O)[C@H]2O)c(O)c1. The molecule has 2 aliphatic heterocycles. The van der Waals surface area contributed by atoms with Crippen LogP contribution in [0.5, 0.6) is 23.0 Å². The molecular formula is C22H27NO8. The molecule has 0 amide bonds. The van der Waals surface area contributed by atoms with E-state index < -0.39 is 24.6 Å². The molecular weight excluding hydrogens is 406 g/mol. The number of phenols is 3. The molecule has 0 radical (unpaired) electrons. The highest BCUT2D eigenvalue weighted by Gasteiger charge is 2.39. The van der Waals surface area contributed by atoms with Crippen LogP contribution in [0.25, 0.3) is 0 Å². The Balaban J connectivity index is 1.51. The van der Waals surface area contributed by atoms with Gasteiger partial charge in [-0.2, -0.15) is 0 Å². The van der Waals surface area contributed by atoms with E-state index in [0.717, 1.165) is 29.7 Å². The molecule has 5 atom stereocenters. The summed E-state index contributed by atoms with van der Waals surface area (Å²) in [7, 11) is 1.98. The van der Waals surface area contributed by atoms with Crippen LogP contribution in [0.1, 0.15) is 22.7 Å². The maximum Gasteiger partial charge on any atom is 0.229 e. The Hall–Kier alpha value is -2.56. The standard InChI is InChI=1S/C22H27NO8/c1-23-5-4-12-8-15(24)16(25)9-13(12)14(23)6-11-2-3-19(17(26)7-11)31-22-21(29)20(28)18(27)10-30-22/h2-3,7-9,14,18,20-22,24-29H,4-6,10H2,1H3/t14?,18-,20+,21-,22+/m1/s1. The zero-order valence-electron chi connectivity index (χ0n) is 17.0. The number of aliphatic hydroxyl groups excluding tert-OH is 3. The Labute approximate surface area is 179 Å². The number of likely N-dealkylation sites (N-methyl/N-ethyl adjacent to an activating group) is 1. The van der Waals surface area contributed by atoms with Gasteiger partial charge in [-0.15, -0.1) is 0 Å². The fourth-order valence-corrected chi connectivity index (χ4v) is 4.14. The third kappa shape index (κ3) is 4.28. The predicted octanol–water partition coefficient (Wildman–Crippen LogP) is 0.393. The van der Waals surface area contributed by atoms with Crippen LogP contribution < -0.4 is 4.74 Å². The van der Waals surface area contributed by atoms with E-state index >= 15 is 0 Å². The van der Waals surface area contributed by atoms with Crippen molar-refractivity contribution in [3.05, 3.63) is 47.0 Å². The summed E-state index contributed by atoms with van der Waals surface area (Å²) >= 11 is 0. The smallest absolute Gasteiger partial charge is 0.229 e. The Bertz CT molecular complexity index is 951. The average Bonchev–Trinajstić information content (AvgIpc) is 2.73. The van der Waals surface area contributed by atoms with E-state index in [9.17, 15) is 30.6 Å². The van der Waals surface area contributed by atoms with Crippen molar-refractivity contribution >= 4 is 0 Å². The number of rotatable bonds is 4. The lowest BCUT2D eigenvalue weighted by atomic mass is 9.88. The largest absolute Gasteiger partial charge is 0.504 e. The summed E-state index contributed by atoms with van der Waals surface area (Å²) < 4.78 is 10.7. The van der Waals surface area contributed by atoms with Crippen LogP contribution in [0.2, 0.25) is 0 Å². The van der Waals surface area contributed by atoms with E-state index in [4.69, 9.17) is 9.47 Å². The molecule has 9 nitrogen and oxygen atoms in total. The molecule has 6 N–H and O–H groups in total. The van der Waals surface area contributed by atoms with Gasteiger partial charge in [0.15, 0.2) is 23.0 Å². The average molecular weight is 433 g/mol. The van der Waals surface area contributed by atoms with Crippen LogP contribution in [-0.4, -0.2) is 80.3 Å². The molecule has 9 heteroatoms. The molecule has 4 rings (SSSR count). The molecule has 2 aliphatic rings. The normalized spacial score (nSPS) is 28.8. The second-order valence-corrected chi connectivity index (χ2v) is 8.16. The summed E-state index contributed by atoms with van der Waals surface area (Å²) in [6.45, 7) is 0.595. The molecule has 2 heterocycles. The maximum atomic E-state index is 10.4. The number of aromatic hydroxyl groups is 3. The van der Waals surface area contributed by atoms with Crippen molar-refractivity contribution < 1.29 is 40.1 Å². The number of hydrogen-bond acceptors (Lipinski definition) is 9. The van der Waals surface area contributed by atoms with Crippen molar-refractivity contribution in [1.82, 2.24) is 4.90 Å². The molecule has 2 aromatic rings. The number of nitrogens with zero attached hydrogens (tertiary/aromatic N) is 1. The minimum Gasteiger partial charge on any atom is -0.504 e. The summed E-state index contributed by atoms with van der Waals surface area (Å²) in [4.78, 5) is 2.15.